The van der Waals surface area contributed by atoms with Gasteiger partial charge in [-0.25, -0.2) is 9.59 Å². The Morgan fingerprint density at radius 1 is 0.838 bits per heavy atom. The Morgan fingerprint density at radius 3 is 1.81 bits per heavy atom. The van der Waals surface area contributed by atoms with E-state index in [2.05, 4.69) is 9.80 Å². The van der Waals surface area contributed by atoms with E-state index in [0.29, 0.717) is 5.41 Å². The number of alkyl halides is 6. The third-order valence-corrected chi connectivity index (χ3v) is 7.96. The Bertz CT molecular complexity index is 759. The number of carboxylic acids is 2. The number of carboxylic acid groups (broad SMARTS) is 2. The molecule has 2 saturated heterocycles. The smallest absolute Gasteiger partial charge is 0.475 e. The van der Waals surface area contributed by atoms with Crippen LogP contribution in [0.25, 0.3) is 0 Å². The highest BCUT2D eigenvalue weighted by molar-refractivity contribution is 5.73. The molecule has 1 spiro atoms. The topological polar surface area (TPSA) is 90.3 Å². The minimum atomic E-state index is -5.08. The summed E-state index contributed by atoms with van der Waals surface area (Å²) >= 11 is 0. The van der Waals surface area contributed by atoms with Crippen LogP contribution in [0.1, 0.15) is 51.4 Å². The van der Waals surface area contributed by atoms with Gasteiger partial charge in [-0.2, -0.15) is 26.3 Å². The Hall–Kier alpha value is -1.60. The van der Waals surface area contributed by atoms with E-state index in [1.165, 1.54) is 84.1 Å². The maximum absolute atomic E-state index is 10.6. The first-order valence-corrected chi connectivity index (χ1v) is 12.8. The van der Waals surface area contributed by atoms with E-state index in [4.69, 9.17) is 24.5 Å². The molecule has 3 saturated carbocycles. The van der Waals surface area contributed by atoms with Crippen LogP contribution in [-0.2, 0) is 14.3 Å². The van der Waals surface area contributed by atoms with Gasteiger partial charge in [-0.15, -0.1) is 0 Å². The summed E-state index contributed by atoms with van der Waals surface area (Å²) in [7, 11) is 0. The zero-order chi connectivity index (χ0) is 27.4. The van der Waals surface area contributed by atoms with Crippen molar-refractivity contribution in [1.29, 1.82) is 0 Å². The minimum absolute atomic E-state index is 0.564. The predicted molar refractivity (Wildman–Crippen MR) is 120 cm³/mol. The van der Waals surface area contributed by atoms with Crippen molar-refractivity contribution in [2.24, 2.45) is 23.2 Å². The Morgan fingerprint density at radius 2 is 1.38 bits per heavy atom. The molecular formula is C24H36F6N2O5. The molecule has 5 aliphatic rings. The fourth-order valence-corrected chi connectivity index (χ4v) is 5.29. The standard InChI is InChI=1S/C20H34N2O.2C2HF3O2/c1-2-19(3-1)22-9-8-20(15-22)14-21(10-16-4-5-16)11-18(20)13-23-12-17-6-7-17;2*3-2(4,5)1(6)7/h16-19H,1-15H2;2*(H,6,7)/t18-,20+;;/m0../s1. The molecule has 0 aromatic heterocycles. The third kappa shape index (κ3) is 9.27. The first kappa shape index (κ1) is 29.9. The number of nitrogens with zero attached hydrogens (tertiary/aromatic N) is 2. The largest absolute Gasteiger partial charge is 0.490 e. The molecule has 2 N–H and O–H groups in total. The Kier molecular flexibility index (Phi) is 9.76. The molecule has 13 heteroatoms. The fraction of sp³-hybridized carbons (Fsp3) is 0.917. The zero-order valence-electron chi connectivity index (χ0n) is 20.7. The van der Waals surface area contributed by atoms with Crippen molar-refractivity contribution in [3.63, 3.8) is 0 Å². The van der Waals surface area contributed by atoms with Gasteiger partial charge < -0.3 is 19.8 Å². The number of ether oxygens (including phenoxy) is 1. The molecule has 7 nitrogen and oxygen atoms in total. The lowest BCUT2D eigenvalue weighted by Crippen LogP contribution is -2.42. The van der Waals surface area contributed by atoms with E-state index in [-0.39, 0.29) is 0 Å². The van der Waals surface area contributed by atoms with Gasteiger partial charge in [-0.1, -0.05) is 6.42 Å². The molecule has 5 fully saturated rings. The summed E-state index contributed by atoms with van der Waals surface area (Å²) in [5, 5.41) is 14.2. The van der Waals surface area contributed by atoms with Gasteiger partial charge in [0.2, 0.25) is 0 Å². The highest BCUT2D eigenvalue weighted by atomic mass is 19.4. The summed E-state index contributed by atoms with van der Waals surface area (Å²) in [6.45, 7) is 8.88. The van der Waals surface area contributed by atoms with Crippen LogP contribution in [0, 0.1) is 23.2 Å². The highest BCUT2D eigenvalue weighted by Crippen LogP contribution is 2.47. The monoisotopic (exact) mass is 546 g/mol. The van der Waals surface area contributed by atoms with Crippen LogP contribution in [0.15, 0.2) is 0 Å². The van der Waals surface area contributed by atoms with Gasteiger partial charge in [0.25, 0.3) is 0 Å². The minimum Gasteiger partial charge on any atom is -0.475 e. The average molecular weight is 547 g/mol. The van der Waals surface area contributed by atoms with E-state index in [1.807, 2.05) is 0 Å². The van der Waals surface area contributed by atoms with Crippen LogP contribution < -0.4 is 0 Å². The van der Waals surface area contributed by atoms with Gasteiger partial charge in [-0.3, -0.25) is 4.90 Å². The van der Waals surface area contributed by atoms with Crippen molar-refractivity contribution < 1.29 is 50.9 Å². The maximum Gasteiger partial charge on any atom is 0.490 e. The molecular weight excluding hydrogens is 510 g/mol. The molecule has 3 aliphatic carbocycles. The molecule has 2 aliphatic heterocycles. The van der Waals surface area contributed by atoms with E-state index in [9.17, 15) is 26.3 Å². The fourth-order valence-electron chi connectivity index (χ4n) is 5.29. The number of aliphatic carboxylic acids is 2. The number of hydrogen-bond donors (Lipinski definition) is 2. The van der Waals surface area contributed by atoms with Gasteiger partial charge in [0.1, 0.15) is 0 Å². The highest BCUT2D eigenvalue weighted by Gasteiger charge is 2.52. The molecule has 0 amide bonds. The van der Waals surface area contributed by atoms with Crippen molar-refractivity contribution >= 4 is 11.9 Å². The first-order valence-electron chi connectivity index (χ1n) is 12.8. The van der Waals surface area contributed by atoms with Crippen LogP contribution in [-0.4, -0.2) is 96.3 Å². The lowest BCUT2D eigenvalue weighted by atomic mass is 9.77. The van der Waals surface area contributed by atoms with Crippen LogP contribution in [0.2, 0.25) is 0 Å². The second kappa shape index (κ2) is 12.1. The van der Waals surface area contributed by atoms with E-state index < -0.39 is 24.3 Å². The molecule has 2 atom stereocenters. The van der Waals surface area contributed by atoms with Gasteiger partial charge >= 0.3 is 24.3 Å². The van der Waals surface area contributed by atoms with Crippen molar-refractivity contribution in [2.75, 3.05) is 45.9 Å². The number of halogens is 6. The summed E-state index contributed by atoms with van der Waals surface area (Å²) in [6.07, 6.45) is 1.46. The normalized spacial score (nSPS) is 28.8. The molecule has 2 heterocycles. The first-order chi connectivity index (χ1) is 17.2. The van der Waals surface area contributed by atoms with Crippen molar-refractivity contribution in [3.8, 4) is 0 Å². The van der Waals surface area contributed by atoms with E-state index in [0.717, 1.165) is 37.0 Å². The van der Waals surface area contributed by atoms with Crippen molar-refractivity contribution in [1.82, 2.24) is 9.80 Å². The van der Waals surface area contributed by atoms with Crippen LogP contribution in [0.4, 0.5) is 26.3 Å². The molecule has 0 radical (unpaired) electrons. The maximum atomic E-state index is 10.6. The van der Waals surface area contributed by atoms with E-state index in [1.54, 1.807) is 0 Å². The molecule has 0 aromatic carbocycles. The number of hydrogen-bond acceptors (Lipinski definition) is 5. The van der Waals surface area contributed by atoms with Crippen LogP contribution >= 0.6 is 0 Å². The van der Waals surface area contributed by atoms with Gasteiger partial charge in [0, 0.05) is 50.2 Å². The summed E-state index contributed by atoms with van der Waals surface area (Å²) in [5.74, 6) is -2.78. The second-order valence-corrected chi connectivity index (χ2v) is 11.1. The van der Waals surface area contributed by atoms with Gasteiger partial charge in [0.05, 0.1) is 6.61 Å². The SMILES string of the molecule is C1CC(N2CC[C@@]3(CN(CC4CC4)C[C@H]3COCC3CC3)C2)C1.O=C(O)C(F)(F)F.O=C(O)C(F)(F)F. The Balaban J connectivity index is 0.000000227. The van der Waals surface area contributed by atoms with Crippen molar-refractivity contribution in [2.45, 2.75) is 69.8 Å². The summed E-state index contributed by atoms with van der Waals surface area (Å²) in [6, 6.07) is 0.930. The predicted octanol–water partition coefficient (Wildman–Crippen LogP) is 4.27. The summed E-state index contributed by atoms with van der Waals surface area (Å²) in [4.78, 5) is 23.4. The molecule has 5 rings (SSSR count). The lowest BCUT2D eigenvalue weighted by molar-refractivity contribution is -0.193. The molecule has 0 bridgehead atoms. The number of carbonyl (C=O) groups is 2. The number of rotatable bonds is 7. The molecule has 37 heavy (non-hydrogen) atoms. The summed E-state index contributed by atoms with van der Waals surface area (Å²) in [5.41, 5.74) is 0.564. The quantitative estimate of drug-likeness (QED) is 0.461. The van der Waals surface area contributed by atoms with Crippen LogP contribution in [0.3, 0.4) is 0 Å². The van der Waals surface area contributed by atoms with Gasteiger partial charge in [-0.05, 0) is 63.3 Å². The summed E-state index contributed by atoms with van der Waals surface area (Å²) < 4.78 is 69.7. The van der Waals surface area contributed by atoms with Crippen LogP contribution in [0.5, 0.6) is 0 Å². The zero-order valence-corrected chi connectivity index (χ0v) is 20.7. The third-order valence-electron chi connectivity index (χ3n) is 7.96. The number of likely N-dealkylation sites (tertiary alicyclic amines) is 2. The van der Waals surface area contributed by atoms with Crippen molar-refractivity contribution in [3.05, 3.63) is 0 Å². The Labute approximate surface area is 212 Å². The second-order valence-electron chi connectivity index (χ2n) is 11.1. The van der Waals surface area contributed by atoms with E-state index >= 15 is 0 Å². The van der Waals surface area contributed by atoms with Gasteiger partial charge in [0.15, 0.2) is 0 Å². The average Bonchev–Trinajstić information content (AvgIpc) is 3.66. The lowest BCUT2D eigenvalue weighted by Gasteiger charge is -2.37. The molecule has 214 valence electrons. The molecule has 0 unspecified atom stereocenters. The molecule has 0 aromatic rings.